The van der Waals surface area contributed by atoms with Gasteiger partial charge in [0.05, 0.1) is 11.8 Å². The van der Waals surface area contributed by atoms with E-state index in [9.17, 15) is 14.4 Å². The summed E-state index contributed by atoms with van der Waals surface area (Å²) in [7, 11) is 0. The minimum atomic E-state index is -0.485. The molecule has 1 aromatic rings. The minimum absolute atomic E-state index is 0.0694. The Kier molecular flexibility index (Phi) is 2.73. The summed E-state index contributed by atoms with van der Waals surface area (Å²) in [6.07, 6.45) is 0.187. The zero-order chi connectivity index (χ0) is 13.6. The number of hydrogen-bond donors (Lipinski definition) is 1. The van der Waals surface area contributed by atoms with Crippen molar-refractivity contribution in [3.05, 3.63) is 35.9 Å². The van der Waals surface area contributed by atoms with Crippen molar-refractivity contribution in [2.45, 2.75) is 19.3 Å². The molecule has 3 rings (SSSR count). The van der Waals surface area contributed by atoms with Gasteiger partial charge in [-0.25, -0.2) is 0 Å². The third-order valence-electron chi connectivity index (χ3n) is 4.36. The second-order valence-electron chi connectivity index (χ2n) is 5.38. The van der Waals surface area contributed by atoms with Crippen LogP contribution in [0, 0.1) is 17.8 Å². The highest BCUT2D eigenvalue weighted by molar-refractivity contribution is 6.08. The molecule has 1 saturated heterocycles. The SMILES string of the molecule is CC1C(=O)CC2C(=O)NC(=O)C2C1c1ccccc1. The van der Waals surface area contributed by atoms with Gasteiger partial charge in [-0.05, 0) is 5.56 Å². The van der Waals surface area contributed by atoms with E-state index in [1.54, 1.807) is 0 Å². The van der Waals surface area contributed by atoms with Gasteiger partial charge in [0, 0.05) is 18.3 Å². The third-order valence-corrected chi connectivity index (χ3v) is 4.36. The van der Waals surface area contributed by atoms with Crippen LogP contribution in [0.1, 0.15) is 24.8 Å². The Morgan fingerprint density at radius 1 is 1.00 bits per heavy atom. The first-order chi connectivity index (χ1) is 9.09. The summed E-state index contributed by atoms with van der Waals surface area (Å²) in [5.41, 5.74) is 0.961. The molecule has 0 aromatic heterocycles. The number of benzene rings is 1. The summed E-state index contributed by atoms with van der Waals surface area (Å²) < 4.78 is 0. The quantitative estimate of drug-likeness (QED) is 0.770. The number of carbonyl (C=O) groups excluding carboxylic acids is 3. The Bertz CT molecular complexity index is 552. The smallest absolute Gasteiger partial charge is 0.231 e. The van der Waals surface area contributed by atoms with Crippen molar-refractivity contribution in [1.82, 2.24) is 5.32 Å². The van der Waals surface area contributed by atoms with Gasteiger partial charge in [-0.15, -0.1) is 0 Å². The molecule has 0 bridgehead atoms. The number of Topliss-reactive ketones (excluding diaryl/α,β-unsaturated/α-hetero) is 1. The van der Waals surface area contributed by atoms with E-state index in [0.717, 1.165) is 5.56 Å². The monoisotopic (exact) mass is 257 g/mol. The summed E-state index contributed by atoms with van der Waals surface area (Å²) in [5, 5.41) is 2.37. The standard InChI is InChI=1S/C15H15NO3/c1-8-11(17)7-10-13(15(19)16-14(10)18)12(8)9-5-3-2-4-6-9/h2-6,8,10,12-13H,7H2,1H3,(H,16,18,19). The lowest BCUT2D eigenvalue weighted by Gasteiger charge is -2.35. The van der Waals surface area contributed by atoms with E-state index in [2.05, 4.69) is 5.32 Å². The van der Waals surface area contributed by atoms with Crippen molar-refractivity contribution in [2.75, 3.05) is 0 Å². The zero-order valence-electron chi connectivity index (χ0n) is 10.6. The van der Waals surface area contributed by atoms with E-state index in [0.29, 0.717) is 0 Å². The lowest BCUT2D eigenvalue weighted by Crippen LogP contribution is -2.39. The molecular weight excluding hydrogens is 242 g/mol. The van der Waals surface area contributed by atoms with Crippen LogP contribution in [0.2, 0.25) is 0 Å². The molecule has 19 heavy (non-hydrogen) atoms. The molecular formula is C15H15NO3. The van der Waals surface area contributed by atoms with Gasteiger partial charge >= 0.3 is 0 Å². The highest BCUT2D eigenvalue weighted by Gasteiger charge is 2.53. The zero-order valence-corrected chi connectivity index (χ0v) is 10.6. The Morgan fingerprint density at radius 2 is 1.68 bits per heavy atom. The molecule has 2 fully saturated rings. The molecule has 1 N–H and O–H groups in total. The van der Waals surface area contributed by atoms with E-state index >= 15 is 0 Å². The lowest BCUT2D eigenvalue weighted by atomic mass is 9.65. The third kappa shape index (κ3) is 1.79. The first-order valence-corrected chi connectivity index (χ1v) is 6.52. The largest absolute Gasteiger partial charge is 0.299 e. The van der Waals surface area contributed by atoms with Gasteiger partial charge in [0.25, 0.3) is 0 Å². The number of ketones is 1. The summed E-state index contributed by atoms with van der Waals surface area (Å²) in [5.74, 6) is -1.76. The molecule has 1 saturated carbocycles. The van der Waals surface area contributed by atoms with Crippen LogP contribution >= 0.6 is 0 Å². The van der Waals surface area contributed by atoms with E-state index < -0.39 is 11.8 Å². The fourth-order valence-electron chi connectivity index (χ4n) is 3.36. The molecule has 1 aliphatic carbocycles. The van der Waals surface area contributed by atoms with Crippen molar-refractivity contribution in [3.8, 4) is 0 Å². The summed E-state index contributed by atoms with van der Waals surface area (Å²) >= 11 is 0. The van der Waals surface area contributed by atoms with Gasteiger partial charge in [-0.3, -0.25) is 19.7 Å². The maximum Gasteiger partial charge on any atom is 0.231 e. The van der Waals surface area contributed by atoms with Gasteiger partial charge in [-0.1, -0.05) is 37.3 Å². The van der Waals surface area contributed by atoms with Crippen molar-refractivity contribution in [3.63, 3.8) is 0 Å². The van der Waals surface area contributed by atoms with E-state index in [1.807, 2.05) is 37.3 Å². The molecule has 4 heteroatoms. The maximum atomic E-state index is 12.1. The van der Waals surface area contributed by atoms with Crippen LogP contribution in [0.15, 0.2) is 30.3 Å². The molecule has 2 amide bonds. The van der Waals surface area contributed by atoms with Crippen LogP contribution in [-0.4, -0.2) is 17.6 Å². The van der Waals surface area contributed by atoms with Gasteiger partial charge < -0.3 is 0 Å². The lowest BCUT2D eigenvalue weighted by molar-refractivity contribution is -0.134. The van der Waals surface area contributed by atoms with Crippen LogP contribution in [-0.2, 0) is 14.4 Å². The van der Waals surface area contributed by atoms with Gasteiger partial charge in [0.1, 0.15) is 5.78 Å². The van der Waals surface area contributed by atoms with Gasteiger partial charge in [0.15, 0.2) is 0 Å². The average Bonchev–Trinajstić information content (AvgIpc) is 2.67. The number of carbonyl (C=O) groups is 3. The van der Waals surface area contributed by atoms with E-state index in [4.69, 9.17) is 0 Å². The molecule has 1 aliphatic heterocycles. The van der Waals surface area contributed by atoms with Gasteiger partial charge in [0.2, 0.25) is 11.8 Å². The molecule has 2 aliphatic rings. The number of nitrogens with one attached hydrogen (secondary N) is 1. The fourth-order valence-corrected chi connectivity index (χ4v) is 3.36. The second kappa shape index (κ2) is 4.30. The Balaban J connectivity index is 2.06. The number of hydrogen-bond acceptors (Lipinski definition) is 3. The number of imide groups is 1. The Hall–Kier alpha value is -1.97. The molecule has 98 valence electrons. The molecule has 4 atom stereocenters. The molecule has 1 heterocycles. The predicted molar refractivity (Wildman–Crippen MR) is 68.1 cm³/mol. The van der Waals surface area contributed by atoms with Crippen LogP contribution < -0.4 is 5.32 Å². The van der Waals surface area contributed by atoms with Crippen LogP contribution in [0.4, 0.5) is 0 Å². The van der Waals surface area contributed by atoms with Crippen molar-refractivity contribution >= 4 is 17.6 Å². The van der Waals surface area contributed by atoms with Crippen molar-refractivity contribution < 1.29 is 14.4 Å². The van der Waals surface area contributed by atoms with Crippen LogP contribution in [0.25, 0.3) is 0 Å². The Morgan fingerprint density at radius 3 is 2.37 bits per heavy atom. The minimum Gasteiger partial charge on any atom is -0.299 e. The number of rotatable bonds is 1. The number of fused-ring (bicyclic) bond motifs is 1. The normalized spacial score (nSPS) is 34.1. The maximum absolute atomic E-state index is 12.1. The first-order valence-electron chi connectivity index (χ1n) is 6.52. The highest BCUT2D eigenvalue weighted by Crippen LogP contribution is 2.45. The van der Waals surface area contributed by atoms with Crippen LogP contribution in [0.3, 0.4) is 0 Å². The summed E-state index contributed by atoms with van der Waals surface area (Å²) in [4.78, 5) is 35.9. The molecule has 1 aromatic carbocycles. The van der Waals surface area contributed by atoms with Crippen molar-refractivity contribution in [1.29, 1.82) is 0 Å². The predicted octanol–water partition coefficient (Wildman–Crippen LogP) is 1.27. The topological polar surface area (TPSA) is 63.2 Å². The highest BCUT2D eigenvalue weighted by atomic mass is 16.2. The molecule has 4 nitrogen and oxygen atoms in total. The number of amides is 2. The van der Waals surface area contributed by atoms with Crippen molar-refractivity contribution in [2.24, 2.45) is 17.8 Å². The molecule has 0 spiro atoms. The summed E-state index contributed by atoms with van der Waals surface area (Å²) in [6.45, 7) is 1.85. The first kappa shape index (κ1) is 12.1. The fraction of sp³-hybridized carbons (Fsp3) is 0.400. The Labute approximate surface area is 111 Å². The van der Waals surface area contributed by atoms with Crippen LogP contribution in [0.5, 0.6) is 0 Å². The second-order valence-corrected chi connectivity index (χ2v) is 5.38. The van der Waals surface area contributed by atoms with Gasteiger partial charge in [-0.2, -0.15) is 0 Å². The molecule has 4 unspecified atom stereocenters. The average molecular weight is 257 g/mol. The molecule has 0 radical (unpaired) electrons. The summed E-state index contributed by atoms with van der Waals surface area (Å²) in [6, 6.07) is 9.53. The van der Waals surface area contributed by atoms with E-state index in [1.165, 1.54) is 0 Å². The van der Waals surface area contributed by atoms with E-state index in [-0.39, 0.29) is 35.9 Å².